The summed E-state index contributed by atoms with van der Waals surface area (Å²) in [7, 11) is 2.11. The summed E-state index contributed by atoms with van der Waals surface area (Å²) in [5.41, 5.74) is 1.95. The minimum absolute atomic E-state index is 0.0830. The van der Waals surface area contributed by atoms with Gasteiger partial charge >= 0.3 is 6.36 Å². The molecule has 3 aliphatic rings. The van der Waals surface area contributed by atoms with E-state index in [9.17, 15) is 22.8 Å². The van der Waals surface area contributed by atoms with Crippen LogP contribution in [0.2, 0.25) is 0 Å². The van der Waals surface area contributed by atoms with E-state index >= 15 is 0 Å². The van der Waals surface area contributed by atoms with Crippen LogP contribution in [0.3, 0.4) is 0 Å². The Bertz CT molecular complexity index is 1130. The van der Waals surface area contributed by atoms with E-state index in [4.69, 9.17) is 0 Å². The lowest BCUT2D eigenvalue weighted by atomic mass is 9.89. The molecular weight excluding hydrogens is 497 g/mol. The van der Waals surface area contributed by atoms with Gasteiger partial charge in [0.25, 0.3) is 5.91 Å². The Balaban J connectivity index is 1.12. The van der Waals surface area contributed by atoms with E-state index in [1.54, 1.807) is 4.90 Å². The quantitative estimate of drug-likeness (QED) is 0.603. The molecule has 204 valence electrons. The molecule has 2 amide bonds. The van der Waals surface area contributed by atoms with Crippen molar-refractivity contribution in [3.05, 3.63) is 59.7 Å². The third kappa shape index (κ3) is 5.96. The summed E-state index contributed by atoms with van der Waals surface area (Å²) in [6, 6.07) is 13.0. The summed E-state index contributed by atoms with van der Waals surface area (Å²) in [6.07, 6.45) is -1.37. The lowest BCUT2D eigenvalue weighted by Gasteiger charge is -2.37. The number of alkyl halides is 3. The van der Waals surface area contributed by atoms with Crippen LogP contribution in [0, 0.1) is 0 Å². The highest BCUT2D eigenvalue weighted by atomic mass is 19.4. The third-order valence-corrected chi connectivity index (χ3v) is 8.01. The first-order valence-electron chi connectivity index (χ1n) is 13.1. The Morgan fingerprint density at radius 2 is 1.50 bits per heavy atom. The highest BCUT2D eigenvalue weighted by Gasteiger charge is 2.54. The number of rotatable bonds is 6. The first-order valence-corrected chi connectivity index (χ1v) is 13.1. The maximum absolute atomic E-state index is 13.1. The predicted octanol–water partition coefficient (Wildman–Crippen LogP) is 4.32. The van der Waals surface area contributed by atoms with E-state index in [0.717, 1.165) is 69.7 Å². The molecule has 7 nitrogen and oxygen atoms in total. The van der Waals surface area contributed by atoms with E-state index in [0.29, 0.717) is 24.6 Å². The smallest absolute Gasteiger partial charge is 0.406 e. The molecular formula is C28H33F3N4O3. The molecule has 0 unspecified atom stereocenters. The molecule has 2 heterocycles. The molecule has 1 N–H and O–H groups in total. The van der Waals surface area contributed by atoms with Gasteiger partial charge < -0.3 is 19.9 Å². The second-order valence-electron chi connectivity index (χ2n) is 10.5. The van der Waals surface area contributed by atoms with Gasteiger partial charge in [0.15, 0.2) is 0 Å². The zero-order valence-corrected chi connectivity index (χ0v) is 21.5. The molecule has 0 aromatic heterocycles. The molecule has 5 rings (SSSR count). The third-order valence-electron chi connectivity index (χ3n) is 8.01. The zero-order chi connectivity index (χ0) is 26.9. The summed E-state index contributed by atoms with van der Waals surface area (Å²) in [4.78, 5) is 32.3. The molecule has 0 spiro atoms. The van der Waals surface area contributed by atoms with Crippen LogP contribution in [0.25, 0.3) is 0 Å². The molecule has 2 aromatic carbocycles. The minimum Gasteiger partial charge on any atom is -0.406 e. The summed E-state index contributed by atoms with van der Waals surface area (Å²) in [5.74, 6) is -0.167. The second kappa shape index (κ2) is 10.6. The predicted molar refractivity (Wildman–Crippen MR) is 137 cm³/mol. The molecule has 0 bridgehead atoms. The van der Waals surface area contributed by atoms with Crippen LogP contribution in [0.4, 0.5) is 18.9 Å². The van der Waals surface area contributed by atoms with Gasteiger partial charge in [-0.2, -0.15) is 0 Å². The number of carbonyl (C=O) groups excluding carboxylic acids is 2. The number of hydrogen-bond donors (Lipinski definition) is 1. The van der Waals surface area contributed by atoms with Gasteiger partial charge in [-0.3, -0.25) is 14.5 Å². The number of nitrogens with one attached hydrogen (secondary N) is 1. The van der Waals surface area contributed by atoms with E-state index in [-0.39, 0.29) is 23.1 Å². The van der Waals surface area contributed by atoms with Crippen LogP contribution in [0.1, 0.15) is 47.5 Å². The Kier molecular flexibility index (Phi) is 7.37. The first kappa shape index (κ1) is 26.5. The Morgan fingerprint density at radius 3 is 2.05 bits per heavy atom. The van der Waals surface area contributed by atoms with Gasteiger partial charge in [-0.15, -0.1) is 13.2 Å². The monoisotopic (exact) mass is 530 g/mol. The van der Waals surface area contributed by atoms with Crippen LogP contribution in [0.15, 0.2) is 48.5 Å². The Morgan fingerprint density at radius 1 is 0.895 bits per heavy atom. The molecule has 2 aromatic rings. The lowest BCUT2D eigenvalue weighted by molar-refractivity contribution is -0.274. The Labute approximate surface area is 220 Å². The minimum atomic E-state index is -4.76. The van der Waals surface area contributed by atoms with E-state index < -0.39 is 6.36 Å². The number of piperidine rings is 1. The second-order valence-corrected chi connectivity index (χ2v) is 10.5. The van der Waals surface area contributed by atoms with Gasteiger partial charge in [-0.05, 0) is 80.6 Å². The van der Waals surface area contributed by atoms with Crippen LogP contribution in [-0.2, 0) is 4.79 Å². The summed E-state index contributed by atoms with van der Waals surface area (Å²) in [5, 5.41) is 3.12. The molecule has 0 radical (unpaired) electrons. The molecule has 2 aliphatic heterocycles. The molecule has 1 aliphatic carbocycles. The van der Waals surface area contributed by atoms with E-state index in [1.807, 2.05) is 24.3 Å². The van der Waals surface area contributed by atoms with Gasteiger partial charge in [-0.25, -0.2) is 0 Å². The number of likely N-dealkylation sites (tertiary alicyclic amines) is 1. The number of anilines is 1. The SMILES string of the molecule is CN1CCN(C2(C(=O)Nc3ccc(C4CCN(C(=O)c5ccc(OC(F)(F)F)cc5)CC4)cc3)CC2)CC1. The molecule has 1 saturated carbocycles. The van der Waals surface area contributed by atoms with Crippen molar-refractivity contribution in [3.8, 4) is 5.75 Å². The summed E-state index contributed by atoms with van der Waals surface area (Å²) in [6.45, 7) is 4.94. The molecule has 0 atom stereocenters. The fraction of sp³-hybridized carbons (Fsp3) is 0.500. The van der Waals surface area contributed by atoms with Crippen molar-refractivity contribution in [2.24, 2.45) is 0 Å². The summed E-state index contributed by atoms with van der Waals surface area (Å²) < 4.78 is 40.9. The van der Waals surface area contributed by atoms with Crippen molar-refractivity contribution >= 4 is 17.5 Å². The van der Waals surface area contributed by atoms with Crippen molar-refractivity contribution in [2.45, 2.75) is 43.5 Å². The average Bonchev–Trinajstić information content (AvgIpc) is 3.71. The van der Waals surface area contributed by atoms with Crippen molar-refractivity contribution in [3.63, 3.8) is 0 Å². The summed E-state index contributed by atoms with van der Waals surface area (Å²) >= 11 is 0. The topological polar surface area (TPSA) is 65.1 Å². The van der Waals surface area contributed by atoms with Gasteiger partial charge in [0.2, 0.25) is 5.91 Å². The normalized spacial score (nSPS) is 20.7. The van der Waals surface area contributed by atoms with E-state index in [1.165, 1.54) is 17.7 Å². The maximum Gasteiger partial charge on any atom is 0.573 e. The van der Waals surface area contributed by atoms with Crippen LogP contribution in [0.5, 0.6) is 5.75 Å². The number of nitrogens with zero attached hydrogens (tertiary/aromatic N) is 3. The van der Waals surface area contributed by atoms with Crippen molar-refractivity contribution < 1.29 is 27.5 Å². The van der Waals surface area contributed by atoms with Crippen LogP contribution in [-0.4, -0.2) is 84.7 Å². The lowest BCUT2D eigenvalue weighted by Crippen LogP contribution is -2.54. The molecule has 10 heteroatoms. The van der Waals surface area contributed by atoms with E-state index in [2.05, 4.69) is 26.9 Å². The van der Waals surface area contributed by atoms with Gasteiger partial charge in [0, 0.05) is 50.5 Å². The first-order chi connectivity index (χ1) is 18.1. The highest BCUT2D eigenvalue weighted by molar-refractivity contribution is 6.00. The number of likely N-dealkylation sites (N-methyl/N-ethyl adjacent to an activating group) is 1. The largest absolute Gasteiger partial charge is 0.573 e. The number of benzene rings is 2. The number of piperazine rings is 1. The maximum atomic E-state index is 13.1. The number of amides is 2. The number of hydrogen-bond acceptors (Lipinski definition) is 5. The average molecular weight is 531 g/mol. The van der Waals surface area contributed by atoms with Gasteiger partial charge in [0.05, 0.1) is 0 Å². The fourth-order valence-corrected chi connectivity index (χ4v) is 5.52. The van der Waals surface area contributed by atoms with Gasteiger partial charge in [0.1, 0.15) is 11.3 Å². The van der Waals surface area contributed by atoms with Crippen LogP contribution >= 0.6 is 0 Å². The van der Waals surface area contributed by atoms with Crippen LogP contribution < -0.4 is 10.1 Å². The molecule has 3 fully saturated rings. The fourth-order valence-electron chi connectivity index (χ4n) is 5.52. The number of carbonyl (C=O) groups is 2. The molecule has 2 saturated heterocycles. The Hall–Kier alpha value is -3.11. The number of halogens is 3. The number of ether oxygens (including phenoxy) is 1. The van der Waals surface area contributed by atoms with Gasteiger partial charge in [-0.1, -0.05) is 12.1 Å². The standard InChI is InChI=1S/C28H33F3N4O3/c1-33-16-18-35(19-17-33)27(12-13-27)26(37)32-23-6-2-20(3-7-23)21-10-14-34(15-11-21)25(36)22-4-8-24(9-5-22)38-28(29,30)31/h2-9,21H,10-19H2,1H3,(H,32,37). The van der Waals surface area contributed by atoms with Crippen molar-refractivity contribution in [2.75, 3.05) is 51.6 Å². The zero-order valence-electron chi connectivity index (χ0n) is 21.5. The van der Waals surface area contributed by atoms with Crippen molar-refractivity contribution in [1.82, 2.24) is 14.7 Å². The highest BCUT2D eigenvalue weighted by Crippen LogP contribution is 2.43. The molecule has 38 heavy (non-hydrogen) atoms. The van der Waals surface area contributed by atoms with Crippen molar-refractivity contribution in [1.29, 1.82) is 0 Å².